The van der Waals surface area contributed by atoms with Gasteiger partial charge in [0.05, 0.1) is 16.8 Å². The summed E-state index contributed by atoms with van der Waals surface area (Å²) >= 11 is 7.84. The summed E-state index contributed by atoms with van der Waals surface area (Å²) in [5.74, 6) is -0.251. The summed E-state index contributed by atoms with van der Waals surface area (Å²) in [4.78, 5) is 9.49. The van der Waals surface area contributed by atoms with Gasteiger partial charge in [-0.1, -0.05) is 22.9 Å². The van der Waals surface area contributed by atoms with Crippen LogP contribution in [0.4, 0.5) is 9.52 Å². The first-order chi connectivity index (χ1) is 11.9. The fourth-order valence-electron chi connectivity index (χ4n) is 2.50. The molecular weight excluding hydrogens is 361 g/mol. The second kappa shape index (κ2) is 7.51. The van der Waals surface area contributed by atoms with Crippen molar-refractivity contribution < 1.29 is 4.39 Å². The van der Waals surface area contributed by atoms with E-state index in [-0.39, 0.29) is 5.82 Å². The average Bonchev–Trinajstić information content (AvgIpc) is 3.16. The Bertz CT molecular complexity index is 843. The van der Waals surface area contributed by atoms with Crippen LogP contribution in [0.3, 0.4) is 0 Å². The first kappa shape index (κ1) is 17.8. The Morgan fingerprint density at radius 1 is 1.16 bits per heavy atom. The molecule has 2 heterocycles. The molecule has 0 bridgehead atoms. The number of aromatic amines is 1. The minimum Gasteiger partial charge on any atom is -0.354 e. The summed E-state index contributed by atoms with van der Waals surface area (Å²) in [5.41, 5.74) is 2.85. The molecule has 25 heavy (non-hydrogen) atoms. The molecule has 3 aromatic rings. The number of thiazole rings is 1. The number of nitrogens with zero attached hydrogens (tertiary/aromatic N) is 4. The molecular formula is C17H19ClFN5S. The Balaban J connectivity index is 1.73. The van der Waals surface area contributed by atoms with E-state index >= 15 is 0 Å². The van der Waals surface area contributed by atoms with Gasteiger partial charge in [-0.15, -0.1) is 0 Å². The number of halogens is 2. The van der Waals surface area contributed by atoms with Crippen LogP contribution in [-0.2, 0) is 13.1 Å². The molecule has 132 valence electrons. The van der Waals surface area contributed by atoms with E-state index in [4.69, 9.17) is 11.6 Å². The fourth-order valence-corrected chi connectivity index (χ4v) is 3.76. The van der Waals surface area contributed by atoms with Gasteiger partial charge in [-0.25, -0.2) is 9.37 Å². The molecule has 0 aliphatic rings. The minimum atomic E-state index is -0.251. The Hall–Kier alpha value is -1.96. The van der Waals surface area contributed by atoms with Crippen LogP contribution in [0.5, 0.6) is 0 Å². The third-order valence-corrected chi connectivity index (χ3v) is 5.36. The quantitative estimate of drug-likeness (QED) is 0.702. The summed E-state index contributed by atoms with van der Waals surface area (Å²) in [7, 11) is 5.92. The standard InChI is InChI=1S/C17H19ClFN5S/c1-23(2)17-21-16(18)14(25-17)10-24(3)9-12-8-20-22-15(12)11-4-6-13(19)7-5-11/h4-8H,9-10H2,1-3H3,(H,20,22). The lowest BCUT2D eigenvalue weighted by molar-refractivity contribution is 0.322. The number of rotatable bonds is 6. The summed E-state index contributed by atoms with van der Waals surface area (Å²) in [5, 5.41) is 8.58. The van der Waals surface area contributed by atoms with Gasteiger partial charge in [0, 0.05) is 38.3 Å². The Kier molecular flexibility index (Phi) is 5.36. The van der Waals surface area contributed by atoms with E-state index in [1.54, 1.807) is 29.7 Å². The molecule has 8 heteroatoms. The number of hydrogen-bond acceptors (Lipinski definition) is 5. The van der Waals surface area contributed by atoms with Gasteiger partial charge in [0.25, 0.3) is 0 Å². The lowest BCUT2D eigenvalue weighted by atomic mass is 10.1. The molecule has 5 nitrogen and oxygen atoms in total. The normalized spacial score (nSPS) is 11.3. The molecule has 0 saturated carbocycles. The van der Waals surface area contributed by atoms with E-state index in [2.05, 4.69) is 20.1 Å². The number of nitrogens with one attached hydrogen (secondary N) is 1. The average molecular weight is 380 g/mol. The molecule has 0 aliphatic carbocycles. The van der Waals surface area contributed by atoms with Crippen LogP contribution in [0.1, 0.15) is 10.4 Å². The summed E-state index contributed by atoms with van der Waals surface area (Å²) in [6.45, 7) is 1.38. The molecule has 0 saturated heterocycles. The Labute approximate surface area is 155 Å². The molecule has 0 unspecified atom stereocenters. The molecule has 0 radical (unpaired) electrons. The van der Waals surface area contributed by atoms with E-state index in [0.29, 0.717) is 18.2 Å². The van der Waals surface area contributed by atoms with Crippen LogP contribution in [0.15, 0.2) is 30.5 Å². The highest BCUT2D eigenvalue weighted by atomic mass is 35.5. The maximum Gasteiger partial charge on any atom is 0.186 e. The van der Waals surface area contributed by atoms with Gasteiger partial charge in [-0.2, -0.15) is 5.10 Å². The van der Waals surface area contributed by atoms with Crippen molar-refractivity contribution in [1.29, 1.82) is 0 Å². The van der Waals surface area contributed by atoms with Gasteiger partial charge in [-0.3, -0.25) is 10.00 Å². The van der Waals surface area contributed by atoms with Gasteiger partial charge in [-0.05, 0) is 31.3 Å². The smallest absolute Gasteiger partial charge is 0.186 e. The van der Waals surface area contributed by atoms with E-state index in [0.717, 1.165) is 26.8 Å². The maximum absolute atomic E-state index is 13.1. The number of hydrogen-bond donors (Lipinski definition) is 1. The number of aromatic nitrogens is 3. The zero-order valence-electron chi connectivity index (χ0n) is 14.3. The van der Waals surface area contributed by atoms with Gasteiger partial charge in [0.15, 0.2) is 5.13 Å². The van der Waals surface area contributed by atoms with Gasteiger partial charge >= 0.3 is 0 Å². The first-order valence-corrected chi connectivity index (χ1v) is 8.92. The highest BCUT2D eigenvalue weighted by Crippen LogP contribution is 2.30. The second-order valence-corrected chi connectivity index (χ2v) is 7.47. The SMILES string of the molecule is CN(Cc1cn[nH]c1-c1ccc(F)cc1)Cc1sc(N(C)C)nc1Cl. The van der Waals surface area contributed by atoms with Crippen molar-refractivity contribution in [2.45, 2.75) is 13.1 Å². The number of H-pyrrole nitrogens is 1. The molecule has 2 aromatic heterocycles. The predicted molar refractivity (Wildman–Crippen MR) is 101 cm³/mol. The van der Waals surface area contributed by atoms with Crippen LogP contribution in [0.2, 0.25) is 5.15 Å². The number of benzene rings is 1. The lowest BCUT2D eigenvalue weighted by Crippen LogP contribution is -2.17. The first-order valence-electron chi connectivity index (χ1n) is 7.73. The molecule has 0 fully saturated rings. The summed E-state index contributed by atoms with van der Waals surface area (Å²) < 4.78 is 13.1. The lowest BCUT2D eigenvalue weighted by Gasteiger charge is -2.15. The zero-order valence-corrected chi connectivity index (χ0v) is 15.8. The fraction of sp³-hybridized carbons (Fsp3) is 0.294. The molecule has 0 spiro atoms. The van der Waals surface area contributed by atoms with E-state index in [1.165, 1.54) is 12.1 Å². The second-order valence-electron chi connectivity index (χ2n) is 6.05. The van der Waals surface area contributed by atoms with Crippen molar-refractivity contribution in [3.63, 3.8) is 0 Å². The van der Waals surface area contributed by atoms with Crippen LogP contribution >= 0.6 is 22.9 Å². The van der Waals surface area contributed by atoms with Crippen molar-refractivity contribution in [2.75, 3.05) is 26.0 Å². The van der Waals surface area contributed by atoms with E-state index in [9.17, 15) is 4.39 Å². The molecule has 3 rings (SSSR count). The van der Waals surface area contributed by atoms with Crippen molar-refractivity contribution in [3.05, 3.63) is 51.9 Å². The van der Waals surface area contributed by atoms with Crippen LogP contribution in [0.25, 0.3) is 11.3 Å². The predicted octanol–water partition coefficient (Wildman–Crippen LogP) is 4.02. The van der Waals surface area contributed by atoms with Crippen LogP contribution in [-0.4, -0.2) is 41.2 Å². The third kappa shape index (κ3) is 4.18. The van der Waals surface area contributed by atoms with Gasteiger partial charge in [0.2, 0.25) is 0 Å². The molecule has 0 amide bonds. The van der Waals surface area contributed by atoms with Crippen molar-refractivity contribution in [3.8, 4) is 11.3 Å². The third-order valence-electron chi connectivity index (χ3n) is 3.73. The molecule has 0 aliphatic heterocycles. The Morgan fingerprint density at radius 2 is 1.88 bits per heavy atom. The van der Waals surface area contributed by atoms with Gasteiger partial charge in [0.1, 0.15) is 11.0 Å². The molecule has 0 atom stereocenters. The minimum absolute atomic E-state index is 0.251. The van der Waals surface area contributed by atoms with E-state index in [1.807, 2.05) is 26.0 Å². The van der Waals surface area contributed by atoms with Crippen molar-refractivity contribution in [2.24, 2.45) is 0 Å². The summed E-state index contributed by atoms with van der Waals surface area (Å²) in [6, 6.07) is 6.39. The van der Waals surface area contributed by atoms with Crippen LogP contribution in [0, 0.1) is 5.82 Å². The molecule has 1 N–H and O–H groups in total. The molecule has 1 aromatic carbocycles. The van der Waals surface area contributed by atoms with Crippen molar-refractivity contribution in [1.82, 2.24) is 20.1 Å². The maximum atomic E-state index is 13.1. The highest BCUT2D eigenvalue weighted by Gasteiger charge is 2.15. The monoisotopic (exact) mass is 379 g/mol. The van der Waals surface area contributed by atoms with E-state index < -0.39 is 0 Å². The van der Waals surface area contributed by atoms with Gasteiger partial charge < -0.3 is 4.90 Å². The van der Waals surface area contributed by atoms with Crippen molar-refractivity contribution >= 4 is 28.1 Å². The summed E-state index contributed by atoms with van der Waals surface area (Å²) in [6.07, 6.45) is 1.80. The Morgan fingerprint density at radius 3 is 2.52 bits per heavy atom. The topological polar surface area (TPSA) is 48.1 Å². The highest BCUT2D eigenvalue weighted by molar-refractivity contribution is 7.16. The largest absolute Gasteiger partial charge is 0.354 e. The van der Waals surface area contributed by atoms with Crippen LogP contribution < -0.4 is 4.90 Å². The number of anilines is 1. The zero-order chi connectivity index (χ0) is 18.0.